The molecule has 0 fully saturated rings. The van der Waals surface area contributed by atoms with Crippen molar-refractivity contribution >= 4 is 24.4 Å². The lowest BCUT2D eigenvalue weighted by Crippen LogP contribution is -1.96. The molecule has 0 aliphatic rings. The van der Waals surface area contributed by atoms with Gasteiger partial charge in [-0.25, -0.2) is 0 Å². The van der Waals surface area contributed by atoms with Gasteiger partial charge in [0.25, 0.3) is 0 Å². The molecule has 0 radical (unpaired) electrons. The van der Waals surface area contributed by atoms with Gasteiger partial charge in [0.15, 0.2) is 0 Å². The predicted octanol–water partition coefficient (Wildman–Crippen LogP) is 2.42. The number of rotatable bonds is 3. The predicted molar refractivity (Wildman–Crippen MR) is 54.3 cm³/mol. The van der Waals surface area contributed by atoms with E-state index in [-0.39, 0.29) is 0 Å². The summed E-state index contributed by atoms with van der Waals surface area (Å²) < 4.78 is 0. The van der Waals surface area contributed by atoms with Crippen LogP contribution in [0, 0.1) is 0 Å². The van der Waals surface area contributed by atoms with Crippen molar-refractivity contribution in [3.05, 3.63) is 30.1 Å². The van der Waals surface area contributed by atoms with Crippen molar-refractivity contribution in [2.75, 3.05) is 12.0 Å². The minimum absolute atomic E-state index is 0.430. The Morgan fingerprint density at radius 3 is 2.91 bits per heavy atom. The van der Waals surface area contributed by atoms with Crippen molar-refractivity contribution in [3.63, 3.8) is 0 Å². The molecule has 3 heteroatoms. The van der Waals surface area contributed by atoms with E-state index in [0.717, 1.165) is 11.4 Å². The zero-order chi connectivity index (χ0) is 8.10. The Balaban J connectivity index is 2.74. The molecular formula is C8H11NS2. The highest BCUT2D eigenvalue weighted by molar-refractivity contribution is 7.99. The van der Waals surface area contributed by atoms with Crippen LogP contribution in [-0.4, -0.2) is 17.0 Å². The molecule has 0 aliphatic heterocycles. The summed E-state index contributed by atoms with van der Waals surface area (Å²) in [4.78, 5) is 4.25. The number of thiol groups is 1. The van der Waals surface area contributed by atoms with Crippen molar-refractivity contribution in [1.29, 1.82) is 0 Å². The van der Waals surface area contributed by atoms with Gasteiger partial charge in [-0.2, -0.15) is 24.4 Å². The maximum absolute atomic E-state index is 4.25. The zero-order valence-corrected chi connectivity index (χ0v) is 8.11. The average Bonchev–Trinajstić information content (AvgIpc) is 2.09. The summed E-state index contributed by atoms with van der Waals surface area (Å²) in [6.07, 6.45) is 3.90. The van der Waals surface area contributed by atoms with Crippen LogP contribution in [0.5, 0.6) is 0 Å². The molecule has 11 heavy (non-hydrogen) atoms. The third-order valence-corrected chi connectivity index (χ3v) is 3.06. The number of hydrogen-bond donors (Lipinski definition) is 1. The third-order valence-electron chi connectivity index (χ3n) is 1.47. The van der Waals surface area contributed by atoms with E-state index in [4.69, 9.17) is 0 Å². The summed E-state index contributed by atoms with van der Waals surface area (Å²) in [6.45, 7) is 0. The van der Waals surface area contributed by atoms with Crippen LogP contribution in [0.1, 0.15) is 10.9 Å². The van der Waals surface area contributed by atoms with Gasteiger partial charge in [-0.15, -0.1) is 0 Å². The van der Waals surface area contributed by atoms with Gasteiger partial charge in [-0.1, -0.05) is 6.07 Å². The maximum atomic E-state index is 4.25. The second-order valence-electron chi connectivity index (χ2n) is 2.16. The monoisotopic (exact) mass is 185 g/mol. The molecule has 1 heterocycles. The number of pyridine rings is 1. The van der Waals surface area contributed by atoms with E-state index in [1.165, 1.54) is 0 Å². The van der Waals surface area contributed by atoms with Crippen LogP contribution in [0.3, 0.4) is 0 Å². The molecule has 0 bridgehead atoms. The van der Waals surface area contributed by atoms with Gasteiger partial charge in [0.05, 0.1) is 10.9 Å². The molecule has 1 unspecified atom stereocenters. The van der Waals surface area contributed by atoms with E-state index in [1.54, 1.807) is 11.8 Å². The molecule has 0 aromatic carbocycles. The van der Waals surface area contributed by atoms with E-state index in [0.29, 0.717) is 5.25 Å². The maximum Gasteiger partial charge on any atom is 0.0555 e. The van der Waals surface area contributed by atoms with Gasteiger partial charge in [-0.05, 0) is 18.4 Å². The van der Waals surface area contributed by atoms with E-state index in [1.807, 2.05) is 24.4 Å². The molecule has 1 aromatic heterocycles. The van der Waals surface area contributed by atoms with E-state index < -0.39 is 0 Å². The standard InChI is InChI=1S/C8H11NS2/c1-11-8(6-10)7-4-2-3-5-9-7/h2-5,8,10H,6H2,1H3. The van der Waals surface area contributed by atoms with Crippen LogP contribution in [0.25, 0.3) is 0 Å². The number of hydrogen-bond acceptors (Lipinski definition) is 3. The summed E-state index contributed by atoms with van der Waals surface area (Å²) in [5, 5.41) is 0.430. The second-order valence-corrected chi connectivity index (χ2v) is 3.57. The van der Waals surface area contributed by atoms with Crippen LogP contribution in [0.4, 0.5) is 0 Å². The summed E-state index contributed by atoms with van der Waals surface area (Å²) in [6, 6.07) is 5.98. The van der Waals surface area contributed by atoms with E-state index in [2.05, 4.69) is 23.9 Å². The normalized spacial score (nSPS) is 12.9. The van der Waals surface area contributed by atoms with Gasteiger partial charge in [0, 0.05) is 11.9 Å². The van der Waals surface area contributed by atoms with Crippen molar-refractivity contribution in [3.8, 4) is 0 Å². The Morgan fingerprint density at radius 2 is 2.45 bits per heavy atom. The van der Waals surface area contributed by atoms with Gasteiger partial charge >= 0.3 is 0 Å². The molecule has 1 rings (SSSR count). The van der Waals surface area contributed by atoms with Crippen LogP contribution in [0.2, 0.25) is 0 Å². The quantitative estimate of drug-likeness (QED) is 0.726. The highest BCUT2D eigenvalue weighted by Crippen LogP contribution is 2.25. The topological polar surface area (TPSA) is 12.9 Å². The highest BCUT2D eigenvalue weighted by Gasteiger charge is 2.07. The highest BCUT2D eigenvalue weighted by atomic mass is 32.2. The van der Waals surface area contributed by atoms with Gasteiger partial charge in [-0.3, -0.25) is 4.98 Å². The number of thioether (sulfide) groups is 1. The summed E-state index contributed by atoms with van der Waals surface area (Å²) in [5.41, 5.74) is 1.12. The molecule has 1 nitrogen and oxygen atoms in total. The Bertz CT molecular complexity index is 197. The van der Waals surface area contributed by atoms with E-state index in [9.17, 15) is 0 Å². The van der Waals surface area contributed by atoms with Gasteiger partial charge in [0.1, 0.15) is 0 Å². The first-order valence-corrected chi connectivity index (χ1v) is 5.35. The lowest BCUT2D eigenvalue weighted by Gasteiger charge is -2.09. The first-order chi connectivity index (χ1) is 5.38. The minimum atomic E-state index is 0.430. The van der Waals surface area contributed by atoms with Crippen LogP contribution in [-0.2, 0) is 0 Å². The Labute approximate surface area is 77.0 Å². The van der Waals surface area contributed by atoms with Gasteiger partial charge in [0.2, 0.25) is 0 Å². The molecule has 0 N–H and O–H groups in total. The number of nitrogens with zero attached hydrogens (tertiary/aromatic N) is 1. The van der Waals surface area contributed by atoms with Crippen LogP contribution < -0.4 is 0 Å². The average molecular weight is 185 g/mol. The fraction of sp³-hybridized carbons (Fsp3) is 0.375. The van der Waals surface area contributed by atoms with Crippen LogP contribution >= 0.6 is 24.4 Å². The fourth-order valence-electron chi connectivity index (χ4n) is 0.855. The van der Waals surface area contributed by atoms with Gasteiger partial charge < -0.3 is 0 Å². The first-order valence-electron chi connectivity index (χ1n) is 3.43. The molecule has 1 aromatic rings. The zero-order valence-electron chi connectivity index (χ0n) is 6.40. The largest absolute Gasteiger partial charge is 0.260 e. The third kappa shape index (κ3) is 2.42. The Hall–Kier alpha value is -0.150. The van der Waals surface area contributed by atoms with E-state index >= 15 is 0 Å². The van der Waals surface area contributed by atoms with Crippen molar-refractivity contribution in [1.82, 2.24) is 4.98 Å². The summed E-state index contributed by atoms with van der Waals surface area (Å²) in [7, 11) is 0. The second kappa shape index (κ2) is 4.67. The minimum Gasteiger partial charge on any atom is -0.260 e. The van der Waals surface area contributed by atoms with Crippen molar-refractivity contribution in [2.24, 2.45) is 0 Å². The SMILES string of the molecule is CSC(CS)c1ccccn1. The summed E-state index contributed by atoms with van der Waals surface area (Å²) in [5.74, 6) is 0.845. The lowest BCUT2D eigenvalue weighted by molar-refractivity contribution is 1.03. The molecule has 0 aliphatic carbocycles. The molecule has 0 amide bonds. The van der Waals surface area contributed by atoms with Crippen molar-refractivity contribution < 1.29 is 0 Å². The molecule has 0 spiro atoms. The van der Waals surface area contributed by atoms with Crippen molar-refractivity contribution in [2.45, 2.75) is 5.25 Å². The Kier molecular flexibility index (Phi) is 3.80. The smallest absolute Gasteiger partial charge is 0.0555 e. The molecule has 0 saturated carbocycles. The molecular weight excluding hydrogens is 174 g/mol. The first kappa shape index (κ1) is 8.94. The molecule has 1 atom stereocenters. The fourth-order valence-corrected chi connectivity index (χ4v) is 2.02. The van der Waals surface area contributed by atoms with Crippen LogP contribution in [0.15, 0.2) is 24.4 Å². The Morgan fingerprint density at radius 1 is 1.64 bits per heavy atom. The molecule has 0 saturated heterocycles. The number of aromatic nitrogens is 1. The summed E-state index contributed by atoms with van der Waals surface area (Å²) >= 11 is 6.03. The lowest BCUT2D eigenvalue weighted by atomic mass is 10.3. The molecule has 60 valence electrons.